The Hall–Kier alpha value is -1.89. The highest BCUT2D eigenvalue weighted by atomic mass is 19.4. The zero-order valence-electron chi connectivity index (χ0n) is 9.33. The summed E-state index contributed by atoms with van der Waals surface area (Å²) in [4.78, 5) is 4.00. The summed E-state index contributed by atoms with van der Waals surface area (Å²) in [5, 5.41) is 6.36. The molecule has 1 aromatic heterocycles. The van der Waals surface area contributed by atoms with E-state index in [-0.39, 0.29) is 11.4 Å². The first-order valence-corrected chi connectivity index (χ1v) is 5.30. The highest BCUT2D eigenvalue weighted by molar-refractivity contribution is 5.60. The number of aromatic amines is 1. The maximum absolute atomic E-state index is 12.8. The van der Waals surface area contributed by atoms with E-state index >= 15 is 0 Å². The Balaban J connectivity index is 2.43. The van der Waals surface area contributed by atoms with Gasteiger partial charge in [-0.25, -0.2) is 4.98 Å². The van der Waals surface area contributed by atoms with Gasteiger partial charge in [-0.2, -0.15) is 18.3 Å². The van der Waals surface area contributed by atoms with Gasteiger partial charge >= 0.3 is 6.18 Å². The van der Waals surface area contributed by atoms with Crippen LogP contribution in [0.1, 0.15) is 11.4 Å². The van der Waals surface area contributed by atoms with Crippen LogP contribution >= 0.6 is 0 Å². The molecule has 2 rings (SSSR count). The molecule has 4 nitrogen and oxygen atoms in total. The van der Waals surface area contributed by atoms with Crippen molar-refractivity contribution in [1.29, 1.82) is 0 Å². The van der Waals surface area contributed by atoms with Crippen LogP contribution in [-0.4, -0.2) is 21.7 Å². The minimum absolute atomic E-state index is 0.0337. The van der Waals surface area contributed by atoms with E-state index in [2.05, 4.69) is 15.2 Å². The number of nitrogens with zero attached hydrogens (tertiary/aromatic N) is 2. The summed E-state index contributed by atoms with van der Waals surface area (Å²) in [6.07, 6.45) is -3.98. The Morgan fingerprint density at radius 1 is 1.22 bits per heavy atom. The van der Waals surface area contributed by atoms with Gasteiger partial charge < -0.3 is 5.73 Å². The molecule has 0 aliphatic rings. The molecular weight excluding hydrogens is 245 g/mol. The van der Waals surface area contributed by atoms with E-state index in [4.69, 9.17) is 5.73 Å². The quantitative estimate of drug-likeness (QED) is 0.882. The van der Waals surface area contributed by atoms with Gasteiger partial charge in [-0.05, 0) is 12.6 Å². The van der Waals surface area contributed by atoms with Gasteiger partial charge in [0, 0.05) is 12.0 Å². The summed E-state index contributed by atoms with van der Waals surface area (Å²) in [5.41, 5.74) is 4.56. The Bertz CT molecular complexity index is 533. The number of aromatic nitrogens is 3. The molecule has 0 spiro atoms. The predicted octanol–water partition coefficient (Wildman–Crippen LogP) is 1.99. The molecule has 0 fully saturated rings. The van der Waals surface area contributed by atoms with E-state index in [9.17, 15) is 13.2 Å². The summed E-state index contributed by atoms with van der Waals surface area (Å²) in [5.74, 6) is 0.510. The fourth-order valence-electron chi connectivity index (χ4n) is 1.59. The van der Waals surface area contributed by atoms with Crippen molar-refractivity contribution in [3.8, 4) is 11.4 Å². The molecular formula is C11H11F3N4. The van der Waals surface area contributed by atoms with Crippen LogP contribution in [0, 0.1) is 0 Å². The van der Waals surface area contributed by atoms with Crippen LogP contribution in [0.3, 0.4) is 0 Å². The second-order valence-corrected chi connectivity index (χ2v) is 3.69. The summed E-state index contributed by atoms with van der Waals surface area (Å²) in [6, 6.07) is 5.20. The van der Waals surface area contributed by atoms with Gasteiger partial charge in [-0.3, -0.25) is 5.10 Å². The van der Waals surface area contributed by atoms with E-state index in [1.165, 1.54) is 18.2 Å². The third-order valence-electron chi connectivity index (χ3n) is 2.39. The van der Waals surface area contributed by atoms with Crippen LogP contribution in [0.2, 0.25) is 0 Å². The molecule has 18 heavy (non-hydrogen) atoms. The van der Waals surface area contributed by atoms with Gasteiger partial charge in [-0.1, -0.05) is 18.2 Å². The number of rotatable bonds is 3. The number of halogens is 3. The molecule has 0 aliphatic heterocycles. The predicted molar refractivity (Wildman–Crippen MR) is 59.6 cm³/mol. The van der Waals surface area contributed by atoms with Gasteiger partial charge in [0.2, 0.25) is 0 Å². The molecule has 0 saturated heterocycles. The Kier molecular flexibility index (Phi) is 3.33. The standard InChI is InChI=1S/C11H11F3N4/c12-11(13,14)8-4-2-1-3-7(8)10-16-9(5-6-15)17-18-10/h1-4H,5-6,15H2,(H,16,17,18). The van der Waals surface area contributed by atoms with E-state index < -0.39 is 11.7 Å². The highest BCUT2D eigenvalue weighted by Gasteiger charge is 2.34. The molecule has 2 aromatic rings. The summed E-state index contributed by atoms with van der Waals surface area (Å²) in [7, 11) is 0. The second-order valence-electron chi connectivity index (χ2n) is 3.69. The maximum Gasteiger partial charge on any atom is 0.417 e. The number of H-pyrrole nitrogens is 1. The van der Waals surface area contributed by atoms with Gasteiger partial charge in [0.15, 0.2) is 5.82 Å². The lowest BCUT2D eigenvalue weighted by atomic mass is 10.1. The van der Waals surface area contributed by atoms with Crippen molar-refractivity contribution in [3.63, 3.8) is 0 Å². The SMILES string of the molecule is NCCc1nc(-c2ccccc2C(F)(F)F)n[nH]1. The fourth-order valence-corrected chi connectivity index (χ4v) is 1.59. The largest absolute Gasteiger partial charge is 0.417 e. The minimum atomic E-state index is -4.43. The van der Waals surface area contributed by atoms with Gasteiger partial charge in [-0.15, -0.1) is 0 Å². The number of benzene rings is 1. The number of nitrogens with one attached hydrogen (secondary N) is 1. The summed E-state index contributed by atoms with van der Waals surface area (Å²) in [6.45, 7) is 0.357. The molecule has 96 valence electrons. The van der Waals surface area contributed by atoms with Crippen molar-refractivity contribution in [3.05, 3.63) is 35.7 Å². The highest BCUT2D eigenvalue weighted by Crippen LogP contribution is 2.35. The molecule has 0 aliphatic carbocycles. The van der Waals surface area contributed by atoms with E-state index in [0.29, 0.717) is 18.8 Å². The summed E-state index contributed by atoms with van der Waals surface area (Å²) < 4.78 is 38.4. The van der Waals surface area contributed by atoms with Crippen molar-refractivity contribution in [2.75, 3.05) is 6.54 Å². The smallest absolute Gasteiger partial charge is 0.330 e. The first-order chi connectivity index (χ1) is 8.52. The average Bonchev–Trinajstić information content (AvgIpc) is 2.77. The van der Waals surface area contributed by atoms with Crippen LogP contribution in [-0.2, 0) is 12.6 Å². The molecule has 3 N–H and O–H groups in total. The number of alkyl halides is 3. The van der Waals surface area contributed by atoms with Crippen molar-refractivity contribution < 1.29 is 13.2 Å². The normalized spacial score (nSPS) is 11.8. The average molecular weight is 256 g/mol. The lowest BCUT2D eigenvalue weighted by Crippen LogP contribution is -2.07. The lowest BCUT2D eigenvalue weighted by Gasteiger charge is -2.09. The van der Waals surface area contributed by atoms with Gasteiger partial charge in [0.25, 0.3) is 0 Å². The minimum Gasteiger partial charge on any atom is -0.330 e. The van der Waals surface area contributed by atoms with Crippen LogP contribution in [0.25, 0.3) is 11.4 Å². The first kappa shape index (κ1) is 12.6. The van der Waals surface area contributed by atoms with Crippen molar-refractivity contribution >= 4 is 0 Å². The number of nitrogens with two attached hydrogens (primary N) is 1. The molecule has 7 heteroatoms. The van der Waals surface area contributed by atoms with E-state index in [0.717, 1.165) is 6.07 Å². The zero-order chi connectivity index (χ0) is 13.2. The molecule has 1 aromatic carbocycles. The first-order valence-electron chi connectivity index (χ1n) is 5.30. The number of hydrogen-bond acceptors (Lipinski definition) is 3. The summed E-state index contributed by atoms with van der Waals surface area (Å²) >= 11 is 0. The zero-order valence-corrected chi connectivity index (χ0v) is 9.33. The third-order valence-corrected chi connectivity index (χ3v) is 2.39. The van der Waals surface area contributed by atoms with Crippen LogP contribution in [0.15, 0.2) is 24.3 Å². The van der Waals surface area contributed by atoms with Crippen LogP contribution < -0.4 is 5.73 Å². The second kappa shape index (κ2) is 4.77. The molecule has 0 atom stereocenters. The van der Waals surface area contributed by atoms with Crippen molar-refractivity contribution in [1.82, 2.24) is 15.2 Å². The number of hydrogen-bond donors (Lipinski definition) is 2. The Morgan fingerprint density at radius 3 is 2.61 bits per heavy atom. The maximum atomic E-state index is 12.8. The van der Waals surface area contributed by atoms with E-state index in [1.807, 2.05) is 0 Å². The monoisotopic (exact) mass is 256 g/mol. The Labute approximate surface area is 101 Å². The fraction of sp³-hybridized carbons (Fsp3) is 0.273. The lowest BCUT2D eigenvalue weighted by molar-refractivity contribution is -0.137. The van der Waals surface area contributed by atoms with Crippen LogP contribution in [0.5, 0.6) is 0 Å². The topological polar surface area (TPSA) is 67.6 Å². The molecule has 0 radical (unpaired) electrons. The van der Waals surface area contributed by atoms with E-state index in [1.54, 1.807) is 0 Å². The van der Waals surface area contributed by atoms with Gasteiger partial charge in [0.05, 0.1) is 5.56 Å². The molecule has 1 heterocycles. The molecule has 0 unspecified atom stereocenters. The molecule has 0 saturated carbocycles. The molecule has 0 bridgehead atoms. The van der Waals surface area contributed by atoms with Gasteiger partial charge in [0.1, 0.15) is 5.82 Å². The van der Waals surface area contributed by atoms with Crippen molar-refractivity contribution in [2.24, 2.45) is 5.73 Å². The van der Waals surface area contributed by atoms with Crippen LogP contribution in [0.4, 0.5) is 13.2 Å². The third kappa shape index (κ3) is 2.51. The van der Waals surface area contributed by atoms with Crippen molar-refractivity contribution in [2.45, 2.75) is 12.6 Å². The molecule has 0 amide bonds. The Morgan fingerprint density at radius 2 is 1.94 bits per heavy atom.